The summed E-state index contributed by atoms with van der Waals surface area (Å²) in [5.41, 5.74) is 8.29. The van der Waals surface area contributed by atoms with Gasteiger partial charge >= 0.3 is 0 Å². The molecular weight excluding hydrogens is 272 g/mol. The van der Waals surface area contributed by atoms with E-state index in [1.807, 2.05) is 43.3 Å². The van der Waals surface area contributed by atoms with Crippen molar-refractivity contribution in [1.29, 1.82) is 0 Å². The molecule has 20 heavy (non-hydrogen) atoms. The molecule has 4 heteroatoms. The van der Waals surface area contributed by atoms with Crippen LogP contribution in [-0.2, 0) is 11.2 Å². The van der Waals surface area contributed by atoms with Gasteiger partial charge in [0.15, 0.2) is 0 Å². The molecule has 0 aliphatic heterocycles. The van der Waals surface area contributed by atoms with E-state index in [1.54, 1.807) is 12.1 Å². The number of hydrogen-bond acceptors (Lipinski definition) is 2. The highest BCUT2D eigenvalue weighted by Crippen LogP contribution is 2.16. The molecular formula is C16H17ClN2O. The van der Waals surface area contributed by atoms with Gasteiger partial charge in [-0.15, -0.1) is 0 Å². The molecule has 0 bridgehead atoms. The number of benzene rings is 2. The molecule has 0 aromatic heterocycles. The van der Waals surface area contributed by atoms with Crippen molar-refractivity contribution in [3.05, 3.63) is 64.7 Å². The van der Waals surface area contributed by atoms with E-state index in [0.717, 1.165) is 11.1 Å². The predicted molar refractivity (Wildman–Crippen MR) is 82.6 cm³/mol. The molecule has 3 N–H and O–H groups in total. The summed E-state index contributed by atoms with van der Waals surface area (Å²) in [6, 6.07) is 14.7. The lowest BCUT2D eigenvalue weighted by molar-refractivity contribution is -0.121. The van der Waals surface area contributed by atoms with Crippen molar-refractivity contribution in [2.75, 3.05) is 5.73 Å². The van der Waals surface area contributed by atoms with Gasteiger partial charge in [0.1, 0.15) is 0 Å². The molecule has 2 aromatic carbocycles. The maximum Gasteiger partial charge on any atom is 0.224 e. The third-order valence-electron chi connectivity index (χ3n) is 3.09. The van der Waals surface area contributed by atoms with E-state index in [0.29, 0.717) is 17.1 Å². The molecule has 104 valence electrons. The average Bonchev–Trinajstić information content (AvgIpc) is 2.42. The molecule has 0 radical (unpaired) electrons. The van der Waals surface area contributed by atoms with Gasteiger partial charge in [0, 0.05) is 10.7 Å². The van der Waals surface area contributed by atoms with Crippen LogP contribution in [0.2, 0.25) is 5.02 Å². The SMILES string of the molecule is CC(NC(=O)Cc1ccc(N)cc1)c1ccc(Cl)cc1. The Balaban J connectivity index is 1.93. The van der Waals surface area contributed by atoms with Gasteiger partial charge in [0.25, 0.3) is 0 Å². The van der Waals surface area contributed by atoms with Gasteiger partial charge in [-0.3, -0.25) is 4.79 Å². The fourth-order valence-corrected chi connectivity index (χ4v) is 2.07. The molecule has 2 aromatic rings. The maximum absolute atomic E-state index is 12.0. The van der Waals surface area contributed by atoms with Crippen LogP contribution in [0.15, 0.2) is 48.5 Å². The Hall–Kier alpha value is -2.00. The van der Waals surface area contributed by atoms with E-state index in [2.05, 4.69) is 5.32 Å². The van der Waals surface area contributed by atoms with Gasteiger partial charge < -0.3 is 11.1 Å². The fraction of sp³-hybridized carbons (Fsp3) is 0.188. The number of carbonyl (C=O) groups excluding carboxylic acids is 1. The number of anilines is 1. The second-order valence-corrected chi connectivity index (χ2v) is 5.20. The number of amides is 1. The van der Waals surface area contributed by atoms with Gasteiger partial charge in [-0.25, -0.2) is 0 Å². The lowest BCUT2D eigenvalue weighted by atomic mass is 10.1. The molecule has 0 heterocycles. The summed E-state index contributed by atoms with van der Waals surface area (Å²) in [6.45, 7) is 1.95. The topological polar surface area (TPSA) is 55.1 Å². The van der Waals surface area contributed by atoms with Crippen molar-refractivity contribution in [1.82, 2.24) is 5.32 Å². The predicted octanol–water partition coefficient (Wildman–Crippen LogP) is 3.34. The van der Waals surface area contributed by atoms with Crippen molar-refractivity contribution in [2.45, 2.75) is 19.4 Å². The highest BCUT2D eigenvalue weighted by atomic mass is 35.5. The van der Waals surface area contributed by atoms with Crippen LogP contribution >= 0.6 is 11.6 Å². The maximum atomic E-state index is 12.0. The Bertz CT molecular complexity index is 578. The second-order valence-electron chi connectivity index (χ2n) is 4.76. The minimum absolute atomic E-state index is 0.0165. The summed E-state index contributed by atoms with van der Waals surface area (Å²) in [5, 5.41) is 3.65. The molecule has 1 atom stereocenters. The Labute approximate surface area is 123 Å². The Morgan fingerprint density at radius 2 is 1.75 bits per heavy atom. The smallest absolute Gasteiger partial charge is 0.224 e. The zero-order valence-corrected chi connectivity index (χ0v) is 12.0. The summed E-state index contributed by atoms with van der Waals surface area (Å²) in [6.07, 6.45) is 0.345. The molecule has 1 unspecified atom stereocenters. The van der Waals surface area contributed by atoms with Crippen LogP contribution in [0.1, 0.15) is 24.1 Å². The Morgan fingerprint density at radius 1 is 1.15 bits per heavy atom. The molecule has 3 nitrogen and oxygen atoms in total. The van der Waals surface area contributed by atoms with Crippen molar-refractivity contribution < 1.29 is 4.79 Å². The van der Waals surface area contributed by atoms with Gasteiger partial charge in [0.2, 0.25) is 5.91 Å². The van der Waals surface area contributed by atoms with E-state index in [9.17, 15) is 4.79 Å². The van der Waals surface area contributed by atoms with Crippen LogP contribution < -0.4 is 11.1 Å². The number of nitrogen functional groups attached to an aromatic ring is 1. The van der Waals surface area contributed by atoms with Gasteiger partial charge in [-0.1, -0.05) is 35.9 Å². The number of nitrogens with two attached hydrogens (primary N) is 1. The van der Waals surface area contributed by atoms with Crippen LogP contribution in [0, 0.1) is 0 Å². The minimum Gasteiger partial charge on any atom is -0.399 e. The van der Waals surface area contributed by atoms with Crippen LogP contribution in [0.4, 0.5) is 5.69 Å². The third kappa shape index (κ3) is 4.00. The summed E-state index contributed by atoms with van der Waals surface area (Å²) in [5.74, 6) is -0.0165. The van der Waals surface area contributed by atoms with Crippen LogP contribution in [0.5, 0.6) is 0 Å². The molecule has 0 aliphatic rings. The highest BCUT2D eigenvalue weighted by molar-refractivity contribution is 6.30. The van der Waals surface area contributed by atoms with E-state index in [4.69, 9.17) is 17.3 Å². The van der Waals surface area contributed by atoms with E-state index in [-0.39, 0.29) is 11.9 Å². The van der Waals surface area contributed by atoms with Crippen LogP contribution in [0.25, 0.3) is 0 Å². The number of halogens is 1. The molecule has 0 aliphatic carbocycles. The first-order valence-electron chi connectivity index (χ1n) is 6.44. The molecule has 0 spiro atoms. The van der Waals surface area contributed by atoms with Gasteiger partial charge in [-0.05, 0) is 42.3 Å². The first-order valence-corrected chi connectivity index (χ1v) is 6.81. The molecule has 0 saturated carbocycles. The van der Waals surface area contributed by atoms with Crippen molar-refractivity contribution >= 4 is 23.2 Å². The normalized spacial score (nSPS) is 11.9. The quantitative estimate of drug-likeness (QED) is 0.848. The van der Waals surface area contributed by atoms with E-state index >= 15 is 0 Å². The average molecular weight is 289 g/mol. The largest absolute Gasteiger partial charge is 0.399 e. The van der Waals surface area contributed by atoms with E-state index in [1.165, 1.54) is 0 Å². The molecule has 2 rings (SSSR count). The Morgan fingerprint density at radius 3 is 2.35 bits per heavy atom. The van der Waals surface area contributed by atoms with Crippen molar-refractivity contribution in [2.24, 2.45) is 0 Å². The summed E-state index contributed by atoms with van der Waals surface area (Å²) in [7, 11) is 0. The molecule has 0 fully saturated rings. The third-order valence-corrected chi connectivity index (χ3v) is 3.34. The van der Waals surface area contributed by atoms with Crippen LogP contribution in [-0.4, -0.2) is 5.91 Å². The van der Waals surface area contributed by atoms with Crippen LogP contribution in [0.3, 0.4) is 0 Å². The van der Waals surface area contributed by atoms with Crippen molar-refractivity contribution in [3.63, 3.8) is 0 Å². The van der Waals surface area contributed by atoms with Gasteiger partial charge in [-0.2, -0.15) is 0 Å². The summed E-state index contributed by atoms with van der Waals surface area (Å²) >= 11 is 5.84. The van der Waals surface area contributed by atoms with Gasteiger partial charge in [0.05, 0.1) is 12.5 Å². The first kappa shape index (κ1) is 14.4. The lowest BCUT2D eigenvalue weighted by Gasteiger charge is -2.14. The number of nitrogens with one attached hydrogen (secondary N) is 1. The van der Waals surface area contributed by atoms with E-state index < -0.39 is 0 Å². The second kappa shape index (κ2) is 6.44. The monoisotopic (exact) mass is 288 g/mol. The summed E-state index contributed by atoms with van der Waals surface area (Å²) < 4.78 is 0. The molecule has 0 saturated heterocycles. The molecule has 1 amide bonds. The Kier molecular flexibility index (Phi) is 4.64. The zero-order valence-electron chi connectivity index (χ0n) is 11.3. The zero-order chi connectivity index (χ0) is 14.5. The minimum atomic E-state index is -0.0476. The fourth-order valence-electron chi connectivity index (χ4n) is 1.95. The number of hydrogen-bond donors (Lipinski definition) is 2. The summed E-state index contributed by atoms with van der Waals surface area (Å²) in [4.78, 5) is 12.0. The lowest BCUT2D eigenvalue weighted by Crippen LogP contribution is -2.28. The first-order chi connectivity index (χ1) is 9.54. The number of rotatable bonds is 4. The highest BCUT2D eigenvalue weighted by Gasteiger charge is 2.10. The standard InChI is InChI=1S/C16H17ClN2O/c1-11(13-4-6-14(17)7-5-13)19-16(20)10-12-2-8-15(18)9-3-12/h2-9,11H,10,18H2,1H3,(H,19,20). The number of carbonyl (C=O) groups is 1. The van der Waals surface area contributed by atoms with Crippen molar-refractivity contribution in [3.8, 4) is 0 Å².